The number of rotatable bonds is 6. The normalized spacial score (nSPS) is 10.5. The van der Waals surface area contributed by atoms with Crippen LogP contribution in [0, 0.1) is 5.82 Å². The van der Waals surface area contributed by atoms with Crippen LogP contribution in [0.25, 0.3) is 0 Å². The Hall–Kier alpha value is -1.99. The number of hydrogen-bond acceptors (Lipinski definition) is 6. The van der Waals surface area contributed by atoms with E-state index in [1.54, 1.807) is 22.7 Å². The van der Waals surface area contributed by atoms with Crippen molar-refractivity contribution in [1.82, 2.24) is 9.97 Å². The van der Waals surface area contributed by atoms with E-state index < -0.39 is 5.82 Å². The van der Waals surface area contributed by atoms with Crippen LogP contribution in [0.3, 0.4) is 0 Å². The first-order valence-corrected chi connectivity index (χ1v) is 8.01. The lowest BCUT2D eigenvalue weighted by molar-refractivity contribution is 0.283. The first-order chi connectivity index (χ1) is 10.3. The third kappa shape index (κ3) is 3.77. The molecule has 3 aromatic heterocycles. The van der Waals surface area contributed by atoms with E-state index in [0.29, 0.717) is 13.2 Å². The molecule has 0 amide bonds. The molecule has 0 aliphatic rings. The van der Waals surface area contributed by atoms with Crippen LogP contribution in [0.1, 0.15) is 9.75 Å². The maximum atomic E-state index is 13.7. The topological polar surface area (TPSA) is 47.0 Å². The molecule has 21 heavy (non-hydrogen) atoms. The standard InChI is InChI=1S/C14H12FN3OS2/c15-12-8-17-14(19-9-11-4-2-6-21-11)18-13(12)16-7-10-3-1-5-20-10/h1-6,8H,7,9H2,(H,16,17,18). The summed E-state index contributed by atoms with van der Waals surface area (Å²) in [6.07, 6.45) is 1.12. The molecule has 0 aliphatic carbocycles. The van der Waals surface area contributed by atoms with Crippen LogP contribution in [0.4, 0.5) is 10.2 Å². The highest BCUT2D eigenvalue weighted by Gasteiger charge is 2.08. The molecule has 1 N–H and O–H groups in total. The molecule has 0 saturated heterocycles. The van der Waals surface area contributed by atoms with Crippen LogP contribution in [-0.2, 0) is 13.2 Å². The summed E-state index contributed by atoms with van der Waals surface area (Å²) >= 11 is 3.19. The largest absolute Gasteiger partial charge is 0.458 e. The van der Waals surface area contributed by atoms with Gasteiger partial charge in [0.2, 0.25) is 0 Å². The SMILES string of the molecule is Fc1cnc(OCc2cccs2)nc1NCc1cccs1. The smallest absolute Gasteiger partial charge is 0.318 e. The zero-order chi connectivity index (χ0) is 14.5. The molecule has 0 unspecified atom stereocenters. The van der Waals surface area contributed by atoms with Crippen molar-refractivity contribution in [2.45, 2.75) is 13.2 Å². The van der Waals surface area contributed by atoms with Crippen LogP contribution >= 0.6 is 22.7 Å². The van der Waals surface area contributed by atoms with Gasteiger partial charge in [0, 0.05) is 9.75 Å². The summed E-state index contributed by atoms with van der Waals surface area (Å²) < 4.78 is 19.1. The zero-order valence-electron chi connectivity index (χ0n) is 11.0. The second-order valence-electron chi connectivity index (χ2n) is 4.15. The van der Waals surface area contributed by atoms with Crippen molar-refractivity contribution in [2.75, 3.05) is 5.32 Å². The number of thiophene rings is 2. The lowest BCUT2D eigenvalue weighted by atomic mass is 10.4. The summed E-state index contributed by atoms with van der Waals surface area (Å²) in [5.41, 5.74) is 0. The molecule has 0 bridgehead atoms. The lowest BCUT2D eigenvalue weighted by Gasteiger charge is -2.07. The van der Waals surface area contributed by atoms with E-state index in [-0.39, 0.29) is 11.8 Å². The Morgan fingerprint density at radius 3 is 2.62 bits per heavy atom. The Bertz CT molecular complexity index is 686. The number of hydrogen-bond donors (Lipinski definition) is 1. The van der Waals surface area contributed by atoms with E-state index in [4.69, 9.17) is 4.74 Å². The summed E-state index contributed by atoms with van der Waals surface area (Å²) in [4.78, 5) is 10.1. The van der Waals surface area contributed by atoms with Gasteiger partial charge in [-0.1, -0.05) is 12.1 Å². The summed E-state index contributed by atoms with van der Waals surface area (Å²) in [6, 6.07) is 8.00. The Morgan fingerprint density at radius 1 is 1.14 bits per heavy atom. The molecule has 4 nitrogen and oxygen atoms in total. The minimum atomic E-state index is -0.491. The number of halogens is 1. The van der Waals surface area contributed by atoms with Gasteiger partial charge in [0.15, 0.2) is 11.6 Å². The minimum Gasteiger partial charge on any atom is -0.458 e. The van der Waals surface area contributed by atoms with Crippen molar-refractivity contribution in [3.05, 3.63) is 56.8 Å². The van der Waals surface area contributed by atoms with E-state index >= 15 is 0 Å². The molecule has 0 aliphatic heterocycles. The van der Waals surface area contributed by atoms with Gasteiger partial charge < -0.3 is 10.1 Å². The van der Waals surface area contributed by atoms with Crippen LogP contribution < -0.4 is 10.1 Å². The predicted molar refractivity (Wildman–Crippen MR) is 82.3 cm³/mol. The summed E-state index contributed by atoms with van der Waals surface area (Å²) in [7, 11) is 0. The van der Waals surface area contributed by atoms with Crippen LogP contribution in [0.15, 0.2) is 41.2 Å². The predicted octanol–water partition coefficient (Wildman–Crippen LogP) is 3.93. The number of nitrogens with one attached hydrogen (secondary N) is 1. The van der Waals surface area contributed by atoms with Crippen molar-refractivity contribution < 1.29 is 9.13 Å². The first-order valence-electron chi connectivity index (χ1n) is 6.25. The Labute approximate surface area is 129 Å². The first kappa shape index (κ1) is 14.0. The maximum absolute atomic E-state index is 13.7. The fraction of sp³-hybridized carbons (Fsp3) is 0.143. The average Bonchev–Trinajstić information content (AvgIpc) is 3.18. The highest BCUT2D eigenvalue weighted by atomic mass is 32.1. The van der Waals surface area contributed by atoms with E-state index in [1.807, 2.05) is 35.0 Å². The van der Waals surface area contributed by atoms with Gasteiger partial charge in [-0.25, -0.2) is 9.37 Å². The van der Waals surface area contributed by atoms with Gasteiger partial charge in [0.1, 0.15) is 6.61 Å². The number of ether oxygens (including phenoxy) is 1. The van der Waals surface area contributed by atoms with Crippen molar-refractivity contribution >= 4 is 28.5 Å². The second kappa shape index (κ2) is 6.64. The molecule has 7 heteroatoms. The van der Waals surface area contributed by atoms with E-state index in [9.17, 15) is 4.39 Å². The van der Waals surface area contributed by atoms with Gasteiger partial charge in [-0.05, 0) is 22.9 Å². The van der Waals surface area contributed by atoms with Crippen molar-refractivity contribution in [3.8, 4) is 6.01 Å². The summed E-state index contributed by atoms with van der Waals surface area (Å²) in [6.45, 7) is 0.906. The number of aromatic nitrogens is 2. The molecular formula is C14H12FN3OS2. The van der Waals surface area contributed by atoms with E-state index in [2.05, 4.69) is 15.3 Å². The molecule has 0 spiro atoms. The van der Waals surface area contributed by atoms with Crippen LogP contribution in [-0.4, -0.2) is 9.97 Å². The second-order valence-corrected chi connectivity index (χ2v) is 6.21. The molecule has 0 radical (unpaired) electrons. The molecule has 3 aromatic rings. The van der Waals surface area contributed by atoms with Crippen molar-refractivity contribution in [3.63, 3.8) is 0 Å². The molecular weight excluding hydrogens is 309 g/mol. The molecule has 108 valence electrons. The number of nitrogens with zero attached hydrogens (tertiary/aromatic N) is 2. The summed E-state index contributed by atoms with van der Waals surface area (Å²) in [5, 5.41) is 6.90. The highest BCUT2D eigenvalue weighted by Crippen LogP contribution is 2.17. The zero-order valence-corrected chi connectivity index (χ0v) is 12.6. The Balaban J connectivity index is 1.64. The van der Waals surface area contributed by atoms with Gasteiger partial charge in [-0.3, -0.25) is 0 Å². The highest BCUT2D eigenvalue weighted by molar-refractivity contribution is 7.10. The third-order valence-electron chi connectivity index (χ3n) is 2.66. The van der Waals surface area contributed by atoms with Gasteiger partial charge in [0.05, 0.1) is 12.7 Å². The van der Waals surface area contributed by atoms with Gasteiger partial charge in [-0.2, -0.15) is 4.98 Å². The fourth-order valence-corrected chi connectivity index (χ4v) is 2.92. The lowest BCUT2D eigenvalue weighted by Crippen LogP contribution is -2.06. The van der Waals surface area contributed by atoms with Crippen LogP contribution in [0.5, 0.6) is 6.01 Å². The van der Waals surface area contributed by atoms with E-state index in [0.717, 1.165) is 16.0 Å². The van der Waals surface area contributed by atoms with Crippen molar-refractivity contribution in [2.24, 2.45) is 0 Å². The summed E-state index contributed by atoms with van der Waals surface area (Å²) in [5.74, 6) is -0.338. The van der Waals surface area contributed by atoms with Gasteiger partial charge in [-0.15, -0.1) is 22.7 Å². The Kier molecular flexibility index (Phi) is 4.42. The van der Waals surface area contributed by atoms with Gasteiger partial charge >= 0.3 is 6.01 Å². The quantitative estimate of drug-likeness (QED) is 0.747. The molecule has 3 rings (SSSR count). The third-order valence-corrected chi connectivity index (χ3v) is 4.38. The molecule has 0 aromatic carbocycles. The van der Waals surface area contributed by atoms with Crippen molar-refractivity contribution in [1.29, 1.82) is 0 Å². The average molecular weight is 321 g/mol. The van der Waals surface area contributed by atoms with E-state index in [1.165, 1.54) is 0 Å². The molecule has 0 atom stereocenters. The monoisotopic (exact) mass is 321 g/mol. The van der Waals surface area contributed by atoms with Crippen LogP contribution in [0.2, 0.25) is 0 Å². The molecule has 0 saturated carbocycles. The van der Waals surface area contributed by atoms with Gasteiger partial charge in [0.25, 0.3) is 0 Å². The molecule has 3 heterocycles. The molecule has 0 fully saturated rings. The fourth-order valence-electron chi connectivity index (χ4n) is 1.66. The minimum absolute atomic E-state index is 0.152. The number of anilines is 1. The maximum Gasteiger partial charge on any atom is 0.318 e. The Morgan fingerprint density at radius 2 is 1.90 bits per heavy atom.